The Morgan fingerprint density at radius 1 is 1.80 bits per heavy atom. The molecular formula is C6H9NO3. The number of nitrogens with zero attached hydrogens (tertiary/aromatic N) is 1. The van der Waals surface area contributed by atoms with Crippen LogP contribution in [0, 0.1) is 0 Å². The highest BCUT2D eigenvalue weighted by atomic mass is 16.5. The van der Waals surface area contributed by atoms with Crippen molar-refractivity contribution < 1.29 is 14.3 Å². The first kappa shape index (κ1) is 7.05. The Bertz CT molecular complexity index is 178. The van der Waals surface area contributed by atoms with E-state index in [0.29, 0.717) is 6.61 Å². The van der Waals surface area contributed by atoms with Gasteiger partial charge in [-0.05, 0) is 6.92 Å². The monoisotopic (exact) mass is 143 g/mol. The largest absolute Gasteiger partial charge is 0.464 e. The average Bonchev–Trinajstić information content (AvgIpc) is 2.42. The summed E-state index contributed by atoms with van der Waals surface area (Å²) in [7, 11) is 1.57. The molecule has 1 heterocycles. The summed E-state index contributed by atoms with van der Waals surface area (Å²) in [4.78, 5) is 22.6. The van der Waals surface area contributed by atoms with Crippen molar-refractivity contribution in [2.45, 2.75) is 13.0 Å². The van der Waals surface area contributed by atoms with E-state index in [0.717, 1.165) is 0 Å². The van der Waals surface area contributed by atoms with Gasteiger partial charge in [-0.3, -0.25) is 4.79 Å². The van der Waals surface area contributed by atoms with Crippen molar-refractivity contribution in [3.05, 3.63) is 0 Å². The maximum absolute atomic E-state index is 10.7. The Morgan fingerprint density at radius 2 is 2.30 bits per heavy atom. The van der Waals surface area contributed by atoms with Crippen LogP contribution in [0.4, 0.5) is 0 Å². The van der Waals surface area contributed by atoms with Crippen molar-refractivity contribution >= 4 is 11.9 Å². The highest BCUT2D eigenvalue weighted by Crippen LogP contribution is 2.17. The van der Waals surface area contributed by atoms with E-state index >= 15 is 0 Å². The van der Waals surface area contributed by atoms with Crippen molar-refractivity contribution in [2.24, 2.45) is 0 Å². The second-order valence-corrected chi connectivity index (χ2v) is 2.10. The zero-order valence-corrected chi connectivity index (χ0v) is 5.96. The van der Waals surface area contributed by atoms with Gasteiger partial charge >= 0.3 is 5.97 Å². The fraction of sp³-hybridized carbons (Fsp3) is 0.667. The molecular weight excluding hydrogens is 134 g/mol. The van der Waals surface area contributed by atoms with Gasteiger partial charge in [0.25, 0.3) is 5.91 Å². The molecule has 0 aromatic rings. The van der Waals surface area contributed by atoms with Gasteiger partial charge < -0.3 is 9.64 Å². The topological polar surface area (TPSA) is 46.4 Å². The van der Waals surface area contributed by atoms with Crippen molar-refractivity contribution in [1.82, 2.24) is 4.90 Å². The lowest BCUT2D eigenvalue weighted by Crippen LogP contribution is -2.14. The number of amides is 1. The van der Waals surface area contributed by atoms with Crippen LogP contribution in [-0.4, -0.2) is 36.5 Å². The summed E-state index contributed by atoms with van der Waals surface area (Å²) < 4.78 is 4.61. The number of carbonyl (C=O) groups excluding carboxylic acids is 2. The Balaban J connectivity index is 2.38. The molecule has 0 aromatic carbocycles. The summed E-state index contributed by atoms with van der Waals surface area (Å²) in [5, 5.41) is 0. The summed E-state index contributed by atoms with van der Waals surface area (Å²) in [6.07, 6.45) is 0. The van der Waals surface area contributed by atoms with Crippen LogP contribution in [0.25, 0.3) is 0 Å². The number of esters is 1. The molecule has 1 aliphatic rings. The summed E-state index contributed by atoms with van der Waals surface area (Å²) >= 11 is 0. The highest BCUT2D eigenvalue weighted by molar-refractivity contribution is 6.14. The fourth-order valence-electron chi connectivity index (χ4n) is 0.745. The fourth-order valence-corrected chi connectivity index (χ4v) is 0.745. The molecule has 0 aromatic heterocycles. The number of carbonyl (C=O) groups is 2. The minimum Gasteiger partial charge on any atom is -0.464 e. The normalized spacial score (nSPS) is 22.8. The minimum atomic E-state index is -0.611. The second-order valence-electron chi connectivity index (χ2n) is 2.10. The predicted molar refractivity (Wildman–Crippen MR) is 33.2 cm³/mol. The Hall–Kier alpha value is -1.06. The summed E-state index contributed by atoms with van der Waals surface area (Å²) in [6.45, 7) is 2.04. The molecule has 0 bridgehead atoms. The standard InChI is InChI=1S/C6H9NO3/c1-3-10-6(9)4-5(8)7(4)2/h4H,3H2,1-2H3. The molecule has 1 atom stereocenters. The lowest BCUT2D eigenvalue weighted by atomic mass is 10.5. The Morgan fingerprint density at radius 3 is 2.60 bits per heavy atom. The molecule has 1 unspecified atom stereocenters. The zero-order chi connectivity index (χ0) is 7.72. The quantitative estimate of drug-likeness (QED) is 0.294. The zero-order valence-electron chi connectivity index (χ0n) is 5.96. The first-order valence-electron chi connectivity index (χ1n) is 3.11. The van der Waals surface area contributed by atoms with Gasteiger partial charge in [0.2, 0.25) is 6.04 Å². The predicted octanol–water partition coefficient (Wildman–Crippen LogP) is -0.610. The van der Waals surface area contributed by atoms with Crippen LogP contribution < -0.4 is 0 Å². The lowest BCUT2D eigenvalue weighted by Gasteiger charge is -1.95. The van der Waals surface area contributed by atoms with Crippen LogP contribution in [-0.2, 0) is 14.3 Å². The van der Waals surface area contributed by atoms with E-state index in [4.69, 9.17) is 0 Å². The molecule has 4 nitrogen and oxygen atoms in total. The number of hydrogen-bond donors (Lipinski definition) is 0. The molecule has 10 heavy (non-hydrogen) atoms. The number of rotatable bonds is 2. The third kappa shape index (κ3) is 0.964. The van der Waals surface area contributed by atoms with Gasteiger partial charge in [-0.2, -0.15) is 0 Å². The van der Waals surface area contributed by atoms with Gasteiger partial charge in [0.15, 0.2) is 0 Å². The average molecular weight is 143 g/mol. The summed E-state index contributed by atoms with van der Waals surface area (Å²) in [5.41, 5.74) is 0. The first-order valence-corrected chi connectivity index (χ1v) is 3.11. The van der Waals surface area contributed by atoms with E-state index in [1.807, 2.05) is 0 Å². The molecule has 1 aliphatic heterocycles. The molecule has 0 saturated carbocycles. The van der Waals surface area contributed by atoms with Gasteiger partial charge in [-0.25, -0.2) is 4.79 Å². The van der Waals surface area contributed by atoms with Crippen molar-refractivity contribution in [2.75, 3.05) is 13.7 Å². The summed E-state index contributed by atoms with van der Waals surface area (Å²) in [6, 6.07) is -0.611. The maximum Gasteiger partial charge on any atom is 0.338 e. The minimum absolute atomic E-state index is 0.154. The molecule has 1 rings (SSSR count). The van der Waals surface area contributed by atoms with E-state index in [2.05, 4.69) is 4.74 Å². The van der Waals surface area contributed by atoms with Crippen molar-refractivity contribution in [3.63, 3.8) is 0 Å². The van der Waals surface area contributed by atoms with E-state index in [1.54, 1.807) is 14.0 Å². The van der Waals surface area contributed by atoms with E-state index < -0.39 is 12.0 Å². The lowest BCUT2D eigenvalue weighted by molar-refractivity contribution is -0.143. The highest BCUT2D eigenvalue weighted by Gasteiger charge is 2.49. The number of likely N-dealkylation sites (N-methyl/N-ethyl adjacent to an activating group) is 1. The van der Waals surface area contributed by atoms with E-state index in [9.17, 15) is 9.59 Å². The first-order chi connectivity index (χ1) is 4.68. The Labute approximate surface area is 58.8 Å². The molecule has 0 aliphatic carbocycles. The molecule has 1 saturated heterocycles. The summed E-state index contributed by atoms with van der Waals surface area (Å²) in [5.74, 6) is -0.589. The van der Waals surface area contributed by atoms with E-state index in [-0.39, 0.29) is 5.91 Å². The Kier molecular flexibility index (Phi) is 1.61. The number of ether oxygens (including phenoxy) is 1. The van der Waals surface area contributed by atoms with Gasteiger partial charge in [-0.15, -0.1) is 0 Å². The van der Waals surface area contributed by atoms with Crippen LogP contribution in [0.15, 0.2) is 0 Å². The second kappa shape index (κ2) is 2.28. The number of hydrogen-bond acceptors (Lipinski definition) is 3. The van der Waals surface area contributed by atoms with Gasteiger partial charge in [-0.1, -0.05) is 0 Å². The van der Waals surface area contributed by atoms with Crippen LogP contribution in [0.1, 0.15) is 6.92 Å². The van der Waals surface area contributed by atoms with Gasteiger partial charge in [0.05, 0.1) is 6.61 Å². The molecule has 1 fully saturated rings. The molecule has 0 radical (unpaired) electrons. The third-order valence-electron chi connectivity index (χ3n) is 1.41. The molecule has 56 valence electrons. The molecule has 1 amide bonds. The smallest absolute Gasteiger partial charge is 0.338 e. The third-order valence-corrected chi connectivity index (χ3v) is 1.41. The maximum atomic E-state index is 10.7. The SMILES string of the molecule is CCOC(=O)C1C(=O)N1C. The van der Waals surface area contributed by atoms with Crippen molar-refractivity contribution in [1.29, 1.82) is 0 Å². The van der Waals surface area contributed by atoms with Crippen LogP contribution >= 0.6 is 0 Å². The van der Waals surface area contributed by atoms with Crippen LogP contribution in [0.5, 0.6) is 0 Å². The van der Waals surface area contributed by atoms with Gasteiger partial charge in [0.1, 0.15) is 0 Å². The van der Waals surface area contributed by atoms with E-state index in [1.165, 1.54) is 4.90 Å². The molecule has 4 heteroatoms. The van der Waals surface area contributed by atoms with Crippen LogP contribution in [0.2, 0.25) is 0 Å². The van der Waals surface area contributed by atoms with Crippen LogP contribution in [0.3, 0.4) is 0 Å². The molecule has 0 N–H and O–H groups in total. The van der Waals surface area contributed by atoms with Crippen molar-refractivity contribution in [3.8, 4) is 0 Å². The van der Waals surface area contributed by atoms with Gasteiger partial charge in [0, 0.05) is 7.05 Å². The molecule has 0 spiro atoms.